The molecule has 1 heterocycles. The van der Waals surface area contributed by atoms with E-state index in [1.165, 1.54) is 10.4 Å². The van der Waals surface area contributed by atoms with E-state index in [-0.39, 0.29) is 12.1 Å². The van der Waals surface area contributed by atoms with Crippen molar-refractivity contribution >= 4 is 11.3 Å². The van der Waals surface area contributed by atoms with Gasteiger partial charge < -0.3 is 4.74 Å². The summed E-state index contributed by atoms with van der Waals surface area (Å²) in [6.07, 6.45) is -0.0792. The number of hydrogen-bond acceptors (Lipinski definition) is 4. The van der Waals surface area contributed by atoms with Crippen molar-refractivity contribution in [3.8, 4) is 0 Å². The van der Waals surface area contributed by atoms with Crippen molar-refractivity contribution in [2.24, 2.45) is 5.84 Å². The molecule has 0 aliphatic rings. The van der Waals surface area contributed by atoms with Crippen LogP contribution in [0.3, 0.4) is 0 Å². The molecule has 2 atom stereocenters. The number of rotatable bonds is 6. The Kier molecular flexibility index (Phi) is 5.10. The number of benzene rings is 1. The molecule has 0 bridgehead atoms. The minimum atomic E-state index is -0.0792. The third kappa shape index (κ3) is 3.22. The highest BCUT2D eigenvalue weighted by Gasteiger charge is 2.25. The number of hydrogen-bond donors (Lipinski definition) is 2. The predicted octanol–water partition coefficient (Wildman–Crippen LogP) is 3.34. The highest BCUT2D eigenvalue weighted by molar-refractivity contribution is 7.10. The van der Waals surface area contributed by atoms with Crippen molar-refractivity contribution in [1.29, 1.82) is 0 Å². The van der Waals surface area contributed by atoms with Crippen LogP contribution in [0.25, 0.3) is 0 Å². The van der Waals surface area contributed by atoms with E-state index in [4.69, 9.17) is 10.6 Å². The predicted molar refractivity (Wildman–Crippen MR) is 79.9 cm³/mol. The van der Waals surface area contributed by atoms with Crippen LogP contribution in [0.5, 0.6) is 0 Å². The van der Waals surface area contributed by atoms with Gasteiger partial charge in [-0.25, -0.2) is 5.43 Å². The maximum atomic E-state index is 5.92. The Hall–Kier alpha value is -1.20. The normalized spacial score (nSPS) is 14.3. The van der Waals surface area contributed by atoms with Crippen molar-refractivity contribution in [3.63, 3.8) is 0 Å². The number of nitrogens with two attached hydrogens (primary N) is 1. The molecule has 1 aromatic heterocycles. The second-order valence-corrected chi connectivity index (χ2v) is 5.48. The van der Waals surface area contributed by atoms with Crippen LogP contribution in [-0.4, -0.2) is 6.61 Å². The highest BCUT2D eigenvalue weighted by Crippen LogP contribution is 2.34. The summed E-state index contributed by atoms with van der Waals surface area (Å²) in [5, 5.41) is 2.09. The van der Waals surface area contributed by atoms with Crippen molar-refractivity contribution in [2.45, 2.75) is 26.0 Å². The Labute approximate surface area is 118 Å². The van der Waals surface area contributed by atoms with E-state index in [0.29, 0.717) is 6.61 Å². The molecule has 1 aromatic carbocycles. The zero-order valence-corrected chi connectivity index (χ0v) is 12.1. The Morgan fingerprint density at radius 1 is 1.26 bits per heavy atom. The Morgan fingerprint density at radius 2 is 2.00 bits per heavy atom. The van der Waals surface area contributed by atoms with E-state index in [1.54, 1.807) is 11.3 Å². The summed E-state index contributed by atoms with van der Waals surface area (Å²) in [5.74, 6) is 5.78. The van der Waals surface area contributed by atoms with Crippen molar-refractivity contribution < 1.29 is 4.74 Å². The first-order valence-corrected chi connectivity index (χ1v) is 7.32. The smallest absolute Gasteiger partial charge is 0.103 e. The van der Waals surface area contributed by atoms with Crippen molar-refractivity contribution in [3.05, 3.63) is 57.8 Å². The van der Waals surface area contributed by atoms with Gasteiger partial charge in [0.25, 0.3) is 0 Å². The Balaban J connectivity index is 2.34. The lowest BCUT2D eigenvalue weighted by atomic mass is 9.96. The van der Waals surface area contributed by atoms with Crippen LogP contribution in [0, 0.1) is 6.92 Å². The minimum absolute atomic E-state index is 0.0337. The maximum absolute atomic E-state index is 5.92. The topological polar surface area (TPSA) is 47.3 Å². The van der Waals surface area contributed by atoms with Gasteiger partial charge in [0.2, 0.25) is 0 Å². The zero-order valence-electron chi connectivity index (χ0n) is 11.3. The van der Waals surface area contributed by atoms with Gasteiger partial charge in [-0.1, -0.05) is 30.3 Å². The monoisotopic (exact) mass is 276 g/mol. The summed E-state index contributed by atoms with van der Waals surface area (Å²) in [7, 11) is 0. The van der Waals surface area contributed by atoms with Gasteiger partial charge in [0.05, 0.1) is 6.04 Å². The first-order chi connectivity index (χ1) is 9.27. The van der Waals surface area contributed by atoms with Gasteiger partial charge in [0.15, 0.2) is 0 Å². The van der Waals surface area contributed by atoms with Crippen LogP contribution in [0.15, 0.2) is 41.8 Å². The van der Waals surface area contributed by atoms with Crippen LogP contribution in [-0.2, 0) is 4.74 Å². The highest BCUT2D eigenvalue weighted by atomic mass is 32.1. The molecule has 3 nitrogen and oxygen atoms in total. The maximum Gasteiger partial charge on any atom is 0.103 e. The largest absolute Gasteiger partial charge is 0.372 e. The summed E-state index contributed by atoms with van der Waals surface area (Å²) in [6.45, 7) is 4.77. The summed E-state index contributed by atoms with van der Waals surface area (Å²) >= 11 is 1.73. The Morgan fingerprint density at radius 3 is 2.53 bits per heavy atom. The third-order valence-corrected chi connectivity index (χ3v) is 4.05. The molecular formula is C15H20N2OS. The molecule has 3 N–H and O–H groups in total. The second kappa shape index (κ2) is 6.82. The van der Waals surface area contributed by atoms with E-state index < -0.39 is 0 Å². The van der Waals surface area contributed by atoms with Crippen LogP contribution < -0.4 is 11.3 Å². The minimum Gasteiger partial charge on any atom is -0.372 e. The molecule has 2 unspecified atom stereocenters. The van der Waals surface area contributed by atoms with Gasteiger partial charge in [0.1, 0.15) is 6.10 Å². The summed E-state index contributed by atoms with van der Waals surface area (Å²) in [5.41, 5.74) is 5.25. The average molecular weight is 276 g/mol. The molecule has 0 aliphatic carbocycles. The molecule has 2 aromatic rings. The van der Waals surface area contributed by atoms with Crippen LogP contribution in [0.4, 0.5) is 0 Å². The van der Waals surface area contributed by atoms with Crippen molar-refractivity contribution in [1.82, 2.24) is 5.43 Å². The lowest BCUT2D eigenvalue weighted by molar-refractivity contribution is 0.0326. The molecule has 0 fully saturated rings. The number of nitrogens with one attached hydrogen (secondary N) is 1. The molecule has 0 saturated carbocycles. The molecule has 0 radical (unpaired) electrons. The summed E-state index contributed by atoms with van der Waals surface area (Å²) < 4.78 is 5.92. The van der Waals surface area contributed by atoms with Gasteiger partial charge in [-0.05, 0) is 36.4 Å². The lowest BCUT2D eigenvalue weighted by Gasteiger charge is -2.27. The SMILES string of the molecule is CCOC(c1ccccc1)C(NN)c1ccsc1C. The standard InChI is InChI=1S/C15H20N2OS/c1-3-18-15(12-7-5-4-6-8-12)14(17-16)13-9-10-19-11(13)2/h4-10,14-15,17H,3,16H2,1-2H3. The first-order valence-electron chi connectivity index (χ1n) is 6.44. The molecule has 102 valence electrons. The summed E-state index contributed by atoms with van der Waals surface area (Å²) in [6, 6.07) is 12.3. The fourth-order valence-corrected chi connectivity index (χ4v) is 3.01. The molecule has 0 amide bonds. The molecule has 0 spiro atoms. The van der Waals surface area contributed by atoms with Gasteiger partial charge in [-0.15, -0.1) is 11.3 Å². The van der Waals surface area contributed by atoms with E-state index in [0.717, 1.165) is 5.56 Å². The van der Waals surface area contributed by atoms with Crippen LogP contribution in [0.2, 0.25) is 0 Å². The van der Waals surface area contributed by atoms with E-state index in [9.17, 15) is 0 Å². The van der Waals surface area contributed by atoms with E-state index in [1.807, 2.05) is 25.1 Å². The Bertz CT molecular complexity index is 498. The van der Waals surface area contributed by atoms with E-state index in [2.05, 4.69) is 35.9 Å². The fraction of sp³-hybridized carbons (Fsp3) is 0.333. The number of aryl methyl sites for hydroxylation is 1. The molecule has 4 heteroatoms. The average Bonchev–Trinajstić information content (AvgIpc) is 2.86. The second-order valence-electron chi connectivity index (χ2n) is 4.36. The molecule has 2 rings (SSSR count). The van der Waals surface area contributed by atoms with Gasteiger partial charge in [-0.3, -0.25) is 5.84 Å². The first kappa shape index (κ1) is 14.2. The third-order valence-electron chi connectivity index (χ3n) is 3.19. The van der Waals surface area contributed by atoms with Gasteiger partial charge >= 0.3 is 0 Å². The quantitative estimate of drug-likeness (QED) is 0.628. The summed E-state index contributed by atoms with van der Waals surface area (Å²) in [4.78, 5) is 1.27. The van der Waals surface area contributed by atoms with Crippen LogP contribution >= 0.6 is 11.3 Å². The molecule has 19 heavy (non-hydrogen) atoms. The number of thiophene rings is 1. The van der Waals surface area contributed by atoms with Gasteiger partial charge in [-0.2, -0.15) is 0 Å². The van der Waals surface area contributed by atoms with E-state index >= 15 is 0 Å². The fourth-order valence-electron chi connectivity index (χ4n) is 2.26. The number of ether oxygens (including phenoxy) is 1. The lowest BCUT2D eigenvalue weighted by Crippen LogP contribution is -2.34. The molecule has 0 saturated heterocycles. The number of hydrazine groups is 1. The van der Waals surface area contributed by atoms with Gasteiger partial charge in [0, 0.05) is 11.5 Å². The van der Waals surface area contributed by atoms with Crippen molar-refractivity contribution in [2.75, 3.05) is 6.61 Å². The molecular weight excluding hydrogens is 256 g/mol. The van der Waals surface area contributed by atoms with Crippen LogP contribution in [0.1, 0.15) is 35.1 Å². The zero-order chi connectivity index (χ0) is 13.7. The molecule has 0 aliphatic heterocycles.